The number of nitrogens with zero attached hydrogens (tertiary/aromatic N) is 1. The van der Waals surface area contributed by atoms with Gasteiger partial charge in [0.2, 0.25) is 0 Å². The third kappa shape index (κ3) is 2.39. The second kappa shape index (κ2) is 4.77. The van der Waals surface area contributed by atoms with Crippen molar-refractivity contribution >= 4 is 0 Å². The number of hydrogen-bond acceptors (Lipinski definition) is 2. The highest BCUT2D eigenvalue weighted by atomic mass is 15.2. The molecule has 82 valence electrons. The number of rotatable bonds is 5. The van der Waals surface area contributed by atoms with Crippen LogP contribution in [0.3, 0.4) is 0 Å². The SMILES string of the molecule is CCN(C1CC1)C(CN)c1ccccc1. The topological polar surface area (TPSA) is 29.3 Å². The van der Waals surface area contributed by atoms with Crippen LogP contribution in [-0.4, -0.2) is 24.0 Å². The highest BCUT2D eigenvalue weighted by Crippen LogP contribution is 2.33. The van der Waals surface area contributed by atoms with Gasteiger partial charge in [0.25, 0.3) is 0 Å². The minimum absolute atomic E-state index is 0.406. The fourth-order valence-corrected chi connectivity index (χ4v) is 2.28. The van der Waals surface area contributed by atoms with E-state index in [0.29, 0.717) is 12.6 Å². The van der Waals surface area contributed by atoms with Gasteiger partial charge in [0.15, 0.2) is 0 Å². The van der Waals surface area contributed by atoms with Crippen LogP contribution in [0.25, 0.3) is 0 Å². The molecule has 2 rings (SSSR count). The van der Waals surface area contributed by atoms with E-state index >= 15 is 0 Å². The summed E-state index contributed by atoms with van der Waals surface area (Å²) in [6.07, 6.45) is 2.69. The van der Waals surface area contributed by atoms with E-state index in [2.05, 4.69) is 42.2 Å². The maximum absolute atomic E-state index is 5.91. The second-order valence-electron chi connectivity index (χ2n) is 4.22. The maximum Gasteiger partial charge on any atom is 0.0473 e. The molecule has 2 nitrogen and oxygen atoms in total. The Morgan fingerprint density at radius 2 is 2.00 bits per heavy atom. The molecule has 2 heteroatoms. The van der Waals surface area contributed by atoms with Crippen LogP contribution in [0.2, 0.25) is 0 Å². The first-order valence-electron chi connectivity index (χ1n) is 5.87. The molecule has 0 amide bonds. The largest absolute Gasteiger partial charge is 0.329 e. The number of hydrogen-bond donors (Lipinski definition) is 1. The van der Waals surface area contributed by atoms with Gasteiger partial charge in [0.05, 0.1) is 0 Å². The van der Waals surface area contributed by atoms with Crippen molar-refractivity contribution in [2.75, 3.05) is 13.1 Å². The molecule has 1 fully saturated rings. The molecule has 0 radical (unpaired) electrons. The molecule has 0 spiro atoms. The molecule has 1 aromatic rings. The summed E-state index contributed by atoms with van der Waals surface area (Å²) in [5, 5.41) is 0. The zero-order valence-corrected chi connectivity index (χ0v) is 9.39. The molecule has 1 saturated carbocycles. The molecule has 0 bridgehead atoms. The van der Waals surface area contributed by atoms with Crippen LogP contribution in [0.15, 0.2) is 30.3 Å². The predicted molar refractivity (Wildman–Crippen MR) is 63.6 cm³/mol. The predicted octanol–water partition coefficient (Wildman–Crippen LogP) is 2.17. The van der Waals surface area contributed by atoms with Gasteiger partial charge in [-0.2, -0.15) is 0 Å². The molecule has 1 aromatic carbocycles. The Bertz CT molecular complexity index is 293. The minimum Gasteiger partial charge on any atom is -0.329 e. The molecule has 1 aliphatic carbocycles. The van der Waals surface area contributed by atoms with Crippen molar-refractivity contribution < 1.29 is 0 Å². The van der Waals surface area contributed by atoms with Crippen molar-refractivity contribution in [3.63, 3.8) is 0 Å². The zero-order chi connectivity index (χ0) is 10.7. The highest BCUT2D eigenvalue weighted by molar-refractivity contribution is 5.20. The Labute approximate surface area is 92.1 Å². The number of likely N-dealkylation sites (N-methyl/N-ethyl adjacent to an activating group) is 1. The molecular formula is C13H20N2. The summed E-state index contributed by atoms with van der Waals surface area (Å²) in [5.74, 6) is 0. The minimum atomic E-state index is 0.406. The molecule has 1 aliphatic rings. The van der Waals surface area contributed by atoms with Crippen LogP contribution in [0.1, 0.15) is 31.4 Å². The fourth-order valence-electron chi connectivity index (χ4n) is 2.28. The van der Waals surface area contributed by atoms with E-state index in [-0.39, 0.29) is 0 Å². The van der Waals surface area contributed by atoms with Gasteiger partial charge in [0, 0.05) is 18.6 Å². The normalized spacial score (nSPS) is 18.1. The van der Waals surface area contributed by atoms with Crippen molar-refractivity contribution in [2.45, 2.75) is 31.8 Å². The van der Waals surface area contributed by atoms with Gasteiger partial charge in [-0.25, -0.2) is 0 Å². The Kier molecular flexibility index (Phi) is 3.39. The van der Waals surface area contributed by atoms with Crippen LogP contribution in [0, 0.1) is 0 Å². The summed E-state index contributed by atoms with van der Waals surface area (Å²) < 4.78 is 0. The van der Waals surface area contributed by atoms with Crippen LogP contribution >= 0.6 is 0 Å². The van der Waals surface area contributed by atoms with Crippen molar-refractivity contribution in [2.24, 2.45) is 5.73 Å². The third-order valence-corrected chi connectivity index (χ3v) is 3.19. The molecule has 0 heterocycles. The van der Waals surface area contributed by atoms with Crippen LogP contribution in [0.4, 0.5) is 0 Å². The lowest BCUT2D eigenvalue weighted by Crippen LogP contribution is -2.35. The van der Waals surface area contributed by atoms with Crippen molar-refractivity contribution in [3.8, 4) is 0 Å². The third-order valence-electron chi connectivity index (χ3n) is 3.19. The molecular weight excluding hydrogens is 184 g/mol. The molecule has 0 saturated heterocycles. The first-order chi connectivity index (χ1) is 7.36. The standard InChI is InChI=1S/C13H20N2/c1-2-15(12-8-9-12)13(10-14)11-6-4-3-5-7-11/h3-7,12-13H,2,8-10,14H2,1H3. The average molecular weight is 204 g/mol. The van der Waals surface area contributed by atoms with Gasteiger partial charge in [-0.15, -0.1) is 0 Å². The average Bonchev–Trinajstić information content (AvgIpc) is 3.11. The highest BCUT2D eigenvalue weighted by Gasteiger charge is 2.32. The smallest absolute Gasteiger partial charge is 0.0473 e. The molecule has 2 N–H and O–H groups in total. The lowest BCUT2D eigenvalue weighted by atomic mass is 10.1. The molecule has 1 atom stereocenters. The Hall–Kier alpha value is -0.860. The van der Waals surface area contributed by atoms with E-state index in [1.165, 1.54) is 18.4 Å². The van der Waals surface area contributed by atoms with Gasteiger partial charge in [-0.3, -0.25) is 4.90 Å². The van der Waals surface area contributed by atoms with E-state index in [0.717, 1.165) is 12.6 Å². The van der Waals surface area contributed by atoms with Gasteiger partial charge < -0.3 is 5.73 Å². The van der Waals surface area contributed by atoms with E-state index in [4.69, 9.17) is 5.73 Å². The number of nitrogens with two attached hydrogens (primary N) is 1. The summed E-state index contributed by atoms with van der Waals surface area (Å²) in [6, 6.07) is 11.8. The molecule has 0 aromatic heterocycles. The van der Waals surface area contributed by atoms with Crippen LogP contribution in [0.5, 0.6) is 0 Å². The first kappa shape index (κ1) is 10.7. The van der Waals surface area contributed by atoms with E-state index in [1.54, 1.807) is 0 Å². The zero-order valence-electron chi connectivity index (χ0n) is 9.39. The fraction of sp³-hybridized carbons (Fsp3) is 0.538. The summed E-state index contributed by atoms with van der Waals surface area (Å²) in [6.45, 7) is 4.04. The van der Waals surface area contributed by atoms with Gasteiger partial charge in [-0.05, 0) is 24.9 Å². The van der Waals surface area contributed by atoms with Crippen LogP contribution < -0.4 is 5.73 Å². The van der Waals surface area contributed by atoms with E-state index in [9.17, 15) is 0 Å². The monoisotopic (exact) mass is 204 g/mol. The lowest BCUT2D eigenvalue weighted by molar-refractivity contribution is 0.202. The maximum atomic E-state index is 5.91. The quantitative estimate of drug-likeness (QED) is 0.796. The molecule has 1 unspecified atom stereocenters. The van der Waals surface area contributed by atoms with E-state index in [1.807, 2.05) is 0 Å². The summed E-state index contributed by atoms with van der Waals surface area (Å²) in [4.78, 5) is 2.54. The second-order valence-corrected chi connectivity index (χ2v) is 4.22. The lowest BCUT2D eigenvalue weighted by Gasteiger charge is -2.30. The Morgan fingerprint density at radius 1 is 1.33 bits per heavy atom. The number of benzene rings is 1. The van der Waals surface area contributed by atoms with Crippen molar-refractivity contribution in [1.82, 2.24) is 4.90 Å². The van der Waals surface area contributed by atoms with Crippen LogP contribution in [-0.2, 0) is 0 Å². The Balaban J connectivity index is 2.15. The Morgan fingerprint density at radius 3 is 2.47 bits per heavy atom. The van der Waals surface area contributed by atoms with Gasteiger partial charge in [-0.1, -0.05) is 37.3 Å². The molecule has 15 heavy (non-hydrogen) atoms. The first-order valence-corrected chi connectivity index (χ1v) is 5.87. The molecule has 0 aliphatic heterocycles. The van der Waals surface area contributed by atoms with E-state index < -0.39 is 0 Å². The van der Waals surface area contributed by atoms with Crippen molar-refractivity contribution in [1.29, 1.82) is 0 Å². The summed E-state index contributed by atoms with van der Waals surface area (Å²) in [7, 11) is 0. The van der Waals surface area contributed by atoms with Crippen molar-refractivity contribution in [3.05, 3.63) is 35.9 Å². The summed E-state index contributed by atoms with van der Waals surface area (Å²) in [5.41, 5.74) is 7.26. The van der Waals surface area contributed by atoms with Gasteiger partial charge in [0.1, 0.15) is 0 Å². The summed E-state index contributed by atoms with van der Waals surface area (Å²) >= 11 is 0. The van der Waals surface area contributed by atoms with Gasteiger partial charge >= 0.3 is 0 Å².